The quantitative estimate of drug-likeness (QED) is 0.721. The zero-order valence-corrected chi connectivity index (χ0v) is 8.63. The monoisotopic (exact) mass is 194 g/mol. The second kappa shape index (κ2) is 4.09. The lowest BCUT2D eigenvalue weighted by Gasteiger charge is -2.09. The number of pyridine rings is 1. The van der Waals surface area contributed by atoms with Crippen molar-refractivity contribution in [3.8, 4) is 0 Å². The van der Waals surface area contributed by atoms with E-state index in [2.05, 4.69) is 9.72 Å². The number of nitrogens with zero attached hydrogens (tertiary/aromatic N) is 1. The van der Waals surface area contributed by atoms with Crippen molar-refractivity contribution in [3.63, 3.8) is 0 Å². The Labute approximate surface area is 83.1 Å². The highest BCUT2D eigenvalue weighted by molar-refractivity contribution is 5.96. The smallest absolute Gasteiger partial charge is 0.341 e. The molecular formula is C10H14N2O2. The van der Waals surface area contributed by atoms with Crippen LogP contribution in [0.15, 0.2) is 6.07 Å². The summed E-state index contributed by atoms with van der Waals surface area (Å²) in [7, 11) is 1.33. The lowest BCUT2D eigenvalue weighted by molar-refractivity contribution is 0.0600. The van der Waals surface area contributed by atoms with Crippen LogP contribution >= 0.6 is 0 Å². The van der Waals surface area contributed by atoms with E-state index < -0.39 is 5.97 Å². The minimum atomic E-state index is -0.424. The van der Waals surface area contributed by atoms with Crippen molar-refractivity contribution in [2.45, 2.75) is 20.3 Å². The van der Waals surface area contributed by atoms with Gasteiger partial charge >= 0.3 is 5.97 Å². The number of aromatic nitrogens is 1. The second-order valence-electron chi connectivity index (χ2n) is 3.02. The van der Waals surface area contributed by atoms with Crippen molar-refractivity contribution in [2.24, 2.45) is 0 Å². The number of hydrogen-bond acceptors (Lipinski definition) is 4. The van der Waals surface area contributed by atoms with Gasteiger partial charge in [-0.05, 0) is 19.4 Å². The molecule has 0 saturated carbocycles. The molecule has 1 aromatic rings. The number of ether oxygens (including phenoxy) is 1. The maximum atomic E-state index is 11.4. The summed E-state index contributed by atoms with van der Waals surface area (Å²) in [5, 5.41) is 0. The minimum Gasteiger partial charge on any atom is -0.465 e. The Hall–Kier alpha value is -1.58. The molecule has 0 atom stereocenters. The van der Waals surface area contributed by atoms with E-state index in [1.807, 2.05) is 13.8 Å². The van der Waals surface area contributed by atoms with Crippen LogP contribution in [0.5, 0.6) is 0 Å². The number of nitrogens with two attached hydrogens (primary N) is 1. The van der Waals surface area contributed by atoms with E-state index >= 15 is 0 Å². The van der Waals surface area contributed by atoms with Gasteiger partial charge in [0.1, 0.15) is 5.56 Å². The second-order valence-corrected chi connectivity index (χ2v) is 3.02. The first kappa shape index (κ1) is 10.5. The molecule has 0 radical (unpaired) electrons. The van der Waals surface area contributed by atoms with E-state index in [-0.39, 0.29) is 0 Å². The van der Waals surface area contributed by atoms with Gasteiger partial charge < -0.3 is 10.5 Å². The van der Waals surface area contributed by atoms with Crippen LogP contribution in [-0.4, -0.2) is 18.1 Å². The zero-order chi connectivity index (χ0) is 10.7. The van der Waals surface area contributed by atoms with Gasteiger partial charge in [0.2, 0.25) is 0 Å². The predicted molar refractivity (Wildman–Crippen MR) is 54.1 cm³/mol. The summed E-state index contributed by atoms with van der Waals surface area (Å²) in [5.41, 5.74) is 8.06. The van der Waals surface area contributed by atoms with Gasteiger partial charge in [-0.1, -0.05) is 6.92 Å². The first-order valence-electron chi connectivity index (χ1n) is 4.44. The van der Waals surface area contributed by atoms with E-state index in [1.54, 1.807) is 6.07 Å². The summed E-state index contributed by atoms with van der Waals surface area (Å²) in [4.78, 5) is 15.6. The van der Waals surface area contributed by atoms with Crippen molar-refractivity contribution in [1.29, 1.82) is 0 Å². The van der Waals surface area contributed by atoms with Crippen LogP contribution in [0.4, 0.5) is 5.69 Å². The number of rotatable bonds is 2. The molecule has 4 heteroatoms. The SMILES string of the molecule is CCc1nc(C)cc(N)c1C(=O)OC. The first-order valence-corrected chi connectivity index (χ1v) is 4.44. The third-order valence-corrected chi connectivity index (χ3v) is 1.98. The van der Waals surface area contributed by atoms with Crippen LogP contribution in [0.1, 0.15) is 28.7 Å². The molecule has 2 N–H and O–H groups in total. The molecule has 0 aliphatic rings. The standard InChI is InChI=1S/C10H14N2O2/c1-4-8-9(10(13)14-3)7(11)5-6(2)12-8/h5H,4H2,1-3H3,(H2,11,12). The molecule has 0 aromatic carbocycles. The van der Waals surface area contributed by atoms with E-state index in [0.29, 0.717) is 23.4 Å². The average molecular weight is 194 g/mol. The van der Waals surface area contributed by atoms with Crippen LogP contribution in [0.25, 0.3) is 0 Å². The summed E-state index contributed by atoms with van der Waals surface area (Å²) < 4.78 is 4.64. The Morgan fingerprint density at radius 1 is 1.64 bits per heavy atom. The predicted octanol–water partition coefficient (Wildman–Crippen LogP) is 1.32. The van der Waals surface area contributed by atoms with Crippen molar-refractivity contribution >= 4 is 11.7 Å². The Morgan fingerprint density at radius 3 is 2.79 bits per heavy atom. The average Bonchev–Trinajstić information content (AvgIpc) is 2.15. The lowest BCUT2D eigenvalue weighted by Crippen LogP contribution is -2.11. The summed E-state index contributed by atoms with van der Waals surface area (Å²) in [6, 6.07) is 1.67. The fourth-order valence-corrected chi connectivity index (χ4v) is 1.36. The third-order valence-electron chi connectivity index (χ3n) is 1.98. The van der Waals surface area contributed by atoms with E-state index in [1.165, 1.54) is 7.11 Å². The van der Waals surface area contributed by atoms with Gasteiger partial charge in [0.15, 0.2) is 0 Å². The van der Waals surface area contributed by atoms with Gasteiger partial charge in [-0.2, -0.15) is 0 Å². The van der Waals surface area contributed by atoms with Gasteiger partial charge in [0.25, 0.3) is 0 Å². The lowest BCUT2D eigenvalue weighted by atomic mass is 10.1. The fraction of sp³-hybridized carbons (Fsp3) is 0.400. The third kappa shape index (κ3) is 1.84. The molecule has 1 rings (SSSR count). The highest BCUT2D eigenvalue weighted by Crippen LogP contribution is 2.18. The maximum absolute atomic E-state index is 11.4. The molecule has 76 valence electrons. The zero-order valence-electron chi connectivity index (χ0n) is 8.63. The number of carbonyl (C=O) groups is 1. The van der Waals surface area contributed by atoms with E-state index in [0.717, 1.165) is 5.69 Å². The molecule has 0 aliphatic carbocycles. The van der Waals surface area contributed by atoms with Gasteiger partial charge in [-0.15, -0.1) is 0 Å². The van der Waals surface area contributed by atoms with E-state index in [9.17, 15) is 4.79 Å². The van der Waals surface area contributed by atoms with Crippen LogP contribution < -0.4 is 5.73 Å². The molecule has 4 nitrogen and oxygen atoms in total. The summed E-state index contributed by atoms with van der Waals surface area (Å²) >= 11 is 0. The number of hydrogen-bond donors (Lipinski definition) is 1. The molecular weight excluding hydrogens is 180 g/mol. The highest BCUT2D eigenvalue weighted by atomic mass is 16.5. The summed E-state index contributed by atoms with van der Waals surface area (Å²) in [6.45, 7) is 3.77. The fourth-order valence-electron chi connectivity index (χ4n) is 1.36. The molecule has 0 unspecified atom stereocenters. The molecule has 1 aromatic heterocycles. The van der Waals surface area contributed by atoms with Crippen LogP contribution in [-0.2, 0) is 11.2 Å². The Bertz CT molecular complexity index is 361. The number of carbonyl (C=O) groups excluding carboxylic acids is 1. The number of nitrogen functional groups attached to an aromatic ring is 1. The molecule has 0 spiro atoms. The Kier molecular flexibility index (Phi) is 3.06. The van der Waals surface area contributed by atoms with Crippen LogP contribution in [0.3, 0.4) is 0 Å². The molecule has 1 heterocycles. The summed E-state index contributed by atoms with van der Waals surface area (Å²) in [6.07, 6.45) is 0.663. The van der Waals surface area contributed by atoms with Gasteiger partial charge in [-0.3, -0.25) is 4.98 Å². The maximum Gasteiger partial charge on any atom is 0.341 e. The van der Waals surface area contributed by atoms with Gasteiger partial charge in [-0.25, -0.2) is 4.79 Å². The topological polar surface area (TPSA) is 65.2 Å². The first-order chi connectivity index (χ1) is 6.60. The summed E-state index contributed by atoms with van der Waals surface area (Å²) in [5.74, 6) is -0.424. The molecule has 0 aliphatic heterocycles. The Morgan fingerprint density at radius 2 is 2.29 bits per heavy atom. The molecule has 0 fully saturated rings. The largest absolute Gasteiger partial charge is 0.465 e. The van der Waals surface area contributed by atoms with Gasteiger partial charge in [0, 0.05) is 11.4 Å². The van der Waals surface area contributed by atoms with E-state index in [4.69, 9.17) is 5.73 Å². The highest BCUT2D eigenvalue weighted by Gasteiger charge is 2.16. The minimum absolute atomic E-state index is 0.389. The van der Waals surface area contributed by atoms with Crippen LogP contribution in [0, 0.1) is 6.92 Å². The number of aryl methyl sites for hydroxylation is 2. The van der Waals surface area contributed by atoms with Crippen molar-refractivity contribution in [1.82, 2.24) is 4.98 Å². The van der Waals surface area contributed by atoms with Crippen molar-refractivity contribution in [2.75, 3.05) is 12.8 Å². The van der Waals surface area contributed by atoms with Crippen molar-refractivity contribution < 1.29 is 9.53 Å². The molecule has 14 heavy (non-hydrogen) atoms. The van der Waals surface area contributed by atoms with Gasteiger partial charge in [0.05, 0.1) is 12.8 Å². The number of methoxy groups -OCH3 is 1. The van der Waals surface area contributed by atoms with Crippen LogP contribution in [0.2, 0.25) is 0 Å². The Balaban J connectivity index is 3.32. The normalized spacial score (nSPS) is 9.93. The molecule has 0 saturated heterocycles. The van der Waals surface area contributed by atoms with Crippen molar-refractivity contribution in [3.05, 3.63) is 23.0 Å². The molecule has 0 bridgehead atoms. The number of anilines is 1. The number of esters is 1. The molecule has 0 amide bonds.